The molecule has 0 unspecified atom stereocenters. The van der Waals surface area contributed by atoms with E-state index in [1.807, 2.05) is 12.1 Å². The van der Waals surface area contributed by atoms with Crippen molar-refractivity contribution in [2.45, 2.75) is 0 Å². The van der Waals surface area contributed by atoms with E-state index in [1.165, 1.54) is 11.0 Å². The number of benzene rings is 1. The normalized spacial score (nSPS) is 10.6. The molecular formula is C13H11ClN6O. The molecule has 0 saturated heterocycles. The highest BCUT2D eigenvalue weighted by Crippen LogP contribution is 2.22. The van der Waals surface area contributed by atoms with Crippen LogP contribution in [0.5, 0.6) is 0 Å². The molecule has 0 fully saturated rings. The van der Waals surface area contributed by atoms with Gasteiger partial charge < -0.3 is 0 Å². The Morgan fingerprint density at radius 3 is 2.95 bits per heavy atom. The Bertz CT molecular complexity index is 780. The van der Waals surface area contributed by atoms with Crippen molar-refractivity contribution < 1.29 is 4.79 Å². The standard InChI is InChI=1S/C13H11ClN6O/c1-20-11(12(21)17-13-15-7-16-18-13)6-10(19-20)8-3-2-4-9(14)5-8/h2-7H,1H3,(H2,15,16,17,18,21). The number of carbonyl (C=O) groups excluding carboxylic acids is 1. The second kappa shape index (κ2) is 5.37. The Labute approximate surface area is 125 Å². The van der Waals surface area contributed by atoms with Crippen LogP contribution in [0.2, 0.25) is 5.02 Å². The third kappa shape index (κ3) is 2.77. The smallest absolute Gasteiger partial charge is 0.276 e. The average Bonchev–Trinajstić information content (AvgIpc) is 3.08. The average molecular weight is 303 g/mol. The number of amides is 1. The summed E-state index contributed by atoms with van der Waals surface area (Å²) in [6.45, 7) is 0. The van der Waals surface area contributed by atoms with Crippen molar-refractivity contribution in [3.63, 3.8) is 0 Å². The van der Waals surface area contributed by atoms with Gasteiger partial charge in [-0.05, 0) is 18.2 Å². The van der Waals surface area contributed by atoms with Crippen LogP contribution in [0.25, 0.3) is 11.3 Å². The lowest BCUT2D eigenvalue weighted by Gasteiger charge is -2.00. The van der Waals surface area contributed by atoms with Gasteiger partial charge in [-0.1, -0.05) is 23.7 Å². The quantitative estimate of drug-likeness (QED) is 0.775. The Balaban J connectivity index is 1.89. The third-order valence-electron chi connectivity index (χ3n) is 2.88. The number of halogens is 1. The van der Waals surface area contributed by atoms with Gasteiger partial charge in [0.15, 0.2) is 0 Å². The van der Waals surface area contributed by atoms with E-state index in [2.05, 4.69) is 25.6 Å². The molecule has 0 saturated carbocycles. The molecule has 8 heteroatoms. The summed E-state index contributed by atoms with van der Waals surface area (Å²) in [6.07, 6.45) is 1.32. The van der Waals surface area contributed by atoms with Crippen LogP contribution in [0.3, 0.4) is 0 Å². The maximum atomic E-state index is 12.2. The first-order valence-corrected chi connectivity index (χ1v) is 6.48. The predicted octanol–water partition coefficient (Wildman–Crippen LogP) is 2.11. The molecule has 0 radical (unpaired) electrons. The fraction of sp³-hybridized carbons (Fsp3) is 0.0769. The minimum atomic E-state index is -0.324. The van der Waals surface area contributed by atoms with Crippen molar-refractivity contribution in [1.29, 1.82) is 0 Å². The number of aromatic amines is 1. The van der Waals surface area contributed by atoms with Crippen LogP contribution in [0.15, 0.2) is 36.7 Å². The van der Waals surface area contributed by atoms with Gasteiger partial charge in [0.05, 0.1) is 5.69 Å². The topological polar surface area (TPSA) is 88.5 Å². The Morgan fingerprint density at radius 1 is 1.38 bits per heavy atom. The molecule has 2 heterocycles. The lowest BCUT2D eigenvalue weighted by Crippen LogP contribution is -2.16. The van der Waals surface area contributed by atoms with Crippen molar-refractivity contribution in [3.05, 3.63) is 47.4 Å². The van der Waals surface area contributed by atoms with Gasteiger partial charge in [0, 0.05) is 17.6 Å². The van der Waals surface area contributed by atoms with E-state index in [1.54, 1.807) is 25.2 Å². The highest BCUT2D eigenvalue weighted by molar-refractivity contribution is 6.30. The van der Waals surface area contributed by atoms with E-state index < -0.39 is 0 Å². The fourth-order valence-corrected chi connectivity index (χ4v) is 2.10. The van der Waals surface area contributed by atoms with Gasteiger partial charge in [-0.2, -0.15) is 15.2 Å². The Hall–Kier alpha value is -2.67. The molecule has 0 aliphatic carbocycles. The zero-order chi connectivity index (χ0) is 14.8. The minimum Gasteiger partial charge on any atom is -0.289 e. The molecule has 3 aromatic rings. The number of carbonyl (C=O) groups is 1. The highest BCUT2D eigenvalue weighted by atomic mass is 35.5. The third-order valence-corrected chi connectivity index (χ3v) is 3.11. The van der Waals surface area contributed by atoms with Gasteiger partial charge in [0.25, 0.3) is 5.91 Å². The summed E-state index contributed by atoms with van der Waals surface area (Å²) in [5.41, 5.74) is 1.92. The highest BCUT2D eigenvalue weighted by Gasteiger charge is 2.15. The molecule has 0 atom stereocenters. The lowest BCUT2D eigenvalue weighted by atomic mass is 10.1. The molecule has 0 aliphatic rings. The van der Waals surface area contributed by atoms with E-state index in [4.69, 9.17) is 11.6 Å². The fourth-order valence-electron chi connectivity index (χ4n) is 1.91. The predicted molar refractivity (Wildman–Crippen MR) is 78.0 cm³/mol. The Kier molecular flexibility index (Phi) is 3.41. The zero-order valence-electron chi connectivity index (χ0n) is 11.0. The van der Waals surface area contributed by atoms with Gasteiger partial charge in [-0.25, -0.2) is 5.10 Å². The van der Waals surface area contributed by atoms with Crippen LogP contribution in [-0.2, 0) is 7.05 Å². The summed E-state index contributed by atoms with van der Waals surface area (Å²) < 4.78 is 1.50. The maximum absolute atomic E-state index is 12.2. The molecule has 2 N–H and O–H groups in total. The molecule has 0 spiro atoms. The molecule has 21 heavy (non-hydrogen) atoms. The van der Waals surface area contributed by atoms with Gasteiger partial charge in [0.2, 0.25) is 5.95 Å². The first-order valence-electron chi connectivity index (χ1n) is 6.10. The number of hydrogen-bond acceptors (Lipinski definition) is 4. The van der Waals surface area contributed by atoms with Gasteiger partial charge in [-0.3, -0.25) is 14.8 Å². The van der Waals surface area contributed by atoms with Crippen LogP contribution in [0.1, 0.15) is 10.5 Å². The van der Waals surface area contributed by atoms with E-state index in [0.29, 0.717) is 16.4 Å². The minimum absolute atomic E-state index is 0.283. The SMILES string of the molecule is Cn1nc(-c2cccc(Cl)c2)cc1C(=O)Nc1ncn[nH]1. The van der Waals surface area contributed by atoms with E-state index in [-0.39, 0.29) is 11.9 Å². The summed E-state index contributed by atoms with van der Waals surface area (Å²) in [6, 6.07) is 8.98. The summed E-state index contributed by atoms with van der Waals surface area (Å²) in [4.78, 5) is 16.0. The van der Waals surface area contributed by atoms with Crippen LogP contribution < -0.4 is 5.32 Å². The van der Waals surface area contributed by atoms with E-state index >= 15 is 0 Å². The van der Waals surface area contributed by atoms with Gasteiger partial charge in [-0.15, -0.1) is 0 Å². The van der Waals surface area contributed by atoms with Crippen LogP contribution in [0, 0.1) is 0 Å². The van der Waals surface area contributed by atoms with Crippen molar-refractivity contribution in [3.8, 4) is 11.3 Å². The number of aromatic nitrogens is 5. The number of anilines is 1. The molecule has 3 rings (SSSR count). The lowest BCUT2D eigenvalue weighted by molar-refractivity contribution is 0.101. The summed E-state index contributed by atoms with van der Waals surface area (Å²) >= 11 is 5.97. The monoisotopic (exact) mass is 302 g/mol. The van der Waals surface area contributed by atoms with Crippen molar-refractivity contribution in [1.82, 2.24) is 25.0 Å². The van der Waals surface area contributed by atoms with Crippen molar-refractivity contribution >= 4 is 23.5 Å². The number of H-pyrrole nitrogens is 1. The summed E-state index contributed by atoms with van der Waals surface area (Å²) in [5, 5.41) is 13.8. The number of nitrogens with one attached hydrogen (secondary N) is 2. The van der Waals surface area contributed by atoms with Crippen molar-refractivity contribution in [2.24, 2.45) is 7.05 Å². The number of nitrogens with zero attached hydrogens (tertiary/aromatic N) is 4. The van der Waals surface area contributed by atoms with Gasteiger partial charge in [0.1, 0.15) is 12.0 Å². The molecule has 1 amide bonds. The molecule has 0 bridgehead atoms. The number of rotatable bonds is 3. The molecule has 106 valence electrons. The zero-order valence-corrected chi connectivity index (χ0v) is 11.8. The first-order chi connectivity index (χ1) is 10.1. The first kappa shape index (κ1) is 13.3. The second-order valence-corrected chi connectivity index (χ2v) is 4.77. The van der Waals surface area contributed by atoms with Crippen LogP contribution in [0.4, 0.5) is 5.95 Å². The van der Waals surface area contributed by atoms with E-state index in [0.717, 1.165) is 5.56 Å². The molecule has 2 aromatic heterocycles. The summed E-state index contributed by atoms with van der Waals surface area (Å²) in [7, 11) is 1.70. The molecule has 0 aliphatic heterocycles. The van der Waals surface area contributed by atoms with Gasteiger partial charge >= 0.3 is 0 Å². The van der Waals surface area contributed by atoms with Crippen LogP contribution in [-0.4, -0.2) is 30.9 Å². The Morgan fingerprint density at radius 2 is 2.24 bits per heavy atom. The number of hydrogen-bond donors (Lipinski definition) is 2. The molecular weight excluding hydrogens is 292 g/mol. The maximum Gasteiger partial charge on any atom is 0.276 e. The number of aryl methyl sites for hydroxylation is 1. The summed E-state index contributed by atoms with van der Waals surface area (Å²) in [5.74, 6) is -0.0412. The molecule has 7 nitrogen and oxygen atoms in total. The second-order valence-electron chi connectivity index (χ2n) is 4.34. The molecule has 1 aromatic carbocycles. The van der Waals surface area contributed by atoms with Crippen molar-refractivity contribution in [2.75, 3.05) is 5.32 Å². The van der Waals surface area contributed by atoms with E-state index in [9.17, 15) is 4.79 Å². The largest absolute Gasteiger partial charge is 0.289 e. The van der Waals surface area contributed by atoms with Crippen LogP contribution >= 0.6 is 11.6 Å².